The number of rotatable bonds is 4. The van der Waals surface area contributed by atoms with Gasteiger partial charge in [-0.25, -0.2) is 0 Å². The van der Waals surface area contributed by atoms with Gasteiger partial charge in [0.2, 0.25) is 0 Å². The van der Waals surface area contributed by atoms with Crippen LogP contribution in [-0.4, -0.2) is 20.1 Å². The lowest BCUT2D eigenvalue weighted by molar-refractivity contribution is 0.679. The first-order valence-electron chi connectivity index (χ1n) is 2.71. The Kier molecular flexibility index (Phi) is 5.85. The van der Waals surface area contributed by atoms with E-state index in [1.807, 2.05) is 7.05 Å². The van der Waals surface area contributed by atoms with Gasteiger partial charge in [-0.3, -0.25) is 5.73 Å². The van der Waals surface area contributed by atoms with E-state index in [9.17, 15) is 0 Å². The normalized spacial score (nSPS) is 9.43. The van der Waals surface area contributed by atoms with E-state index in [0.29, 0.717) is 6.54 Å². The highest BCUT2D eigenvalue weighted by molar-refractivity contribution is 4.41. The van der Waals surface area contributed by atoms with Gasteiger partial charge in [-0.05, 0) is 26.4 Å². The van der Waals surface area contributed by atoms with E-state index >= 15 is 0 Å². The van der Waals surface area contributed by atoms with Gasteiger partial charge in [0.15, 0.2) is 0 Å². The van der Waals surface area contributed by atoms with Crippen LogP contribution < -0.4 is 11.1 Å². The van der Waals surface area contributed by atoms with Gasteiger partial charge in [-0.15, -0.1) is 0 Å². The summed E-state index contributed by atoms with van der Waals surface area (Å²) in [5, 5.41) is 3.02. The Hall–Kier alpha value is -0.0800. The van der Waals surface area contributed by atoms with Crippen molar-refractivity contribution < 1.29 is 0 Å². The highest BCUT2D eigenvalue weighted by Crippen LogP contribution is 1.80. The predicted molar refractivity (Wildman–Crippen MR) is 31.1 cm³/mol. The quantitative estimate of drug-likeness (QED) is 0.507. The molecule has 2 nitrogen and oxygen atoms in total. The minimum Gasteiger partial charge on any atom is -0.320 e. The second kappa shape index (κ2) is 5.92. The van der Waals surface area contributed by atoms with Crippen molar-refractivity contribution in [2.24, 2.45) is 0 Å². The molecule has 0 aliphatic rings. The van der Waals surface area contributed by atoms with Crippen LogP contribution >= 0.6 is 0 Å². The molecule has 0 aromatic rings. The molecule has 1 radical (unpaired) electrons. The average Bonchev–Trinajstić information content (AvgIpc) is 1.69. The number of nitrogens with one attached hydrogen (secondary N) is 2. The van der Waals surface area contributed by atoms with Crippen molar-refractivity contribution in [3.05, 3.63) is 0 Å². The third-order valence-electron chi connectivity index (χ3n) is 0.854. The van der Waals surface area contributed by atoms with Gasteiger partial charge in [0.1, 0.15) is 0 Å². The maximum atomic E-state index is 6.75. The molecule has 0 unspecified atom stereocenters. The van der Waals surface area contributed by atoms with Crippen LogP contribution in [0.3, 0.4) is 0 Å². The van der Waals surface area contributed by atoms with Crippen LogP contribution in [0.25, 0.3) is 0 Å². The van der Waals surface area contributed by atoms with Crippen molar-refractivity contribution >= 4 is 0 Å². The molecule has 0 aromatic heterocycles. The van der Waals surface area contributed by atoms with Crippen LogP contribution in [0.1, 0.15) is 12.8 Å². The average molecular weight is 101 g/mol. The summed E-state index contributed by atoms with van der Waals surface area (Å²) in [6, 6.07) is 0. The lowest BCUT2D eigenvalue weighted by atomic mass is 10.3. The smallest absolute Gasteiger partial charge is 0.0100 e. The van der Waals surface area contributed by atoms with Gasteiger partial charge >= 0.3 is 0 Å². The maximum Gasteiger partial charge on any atom is 0.0100 e. The molecule has 0 amide bonds. The summed E-state index contributed by atoms with van der Waals surface area (Å²) < 4.78 is 0. The topological polar surface area (TPSA) is 35.8 Å². The fraction of sp³-hybridized carbons (Fsp3) is 1.00. The van der Waals surface area contributed by atoms with E-state index in [2.05, 4.69) is 5.32 Å². The van der Waals surface area contributed by atoms with Gasteiger partial charge < -0.3 is 5.32 Å². The fourth-order valence-corrected chi connectivity index (χ4v) is 0.427. The lowest BCUT2D eigenvalue weighted by Gasteiger charge is -1.92. The highest BCUT2D eigenvalue weighted by Gasteiger charge is 1.79. The molecule has 43 valence electrons. The summed E-state index contributed by atoms with van der Waals surface area (Å²) in [6.45, 7) is 1.63. The van der Waals surface area contributed by atoms with Crippen LogP contribution in [0, 0.1) is 0 Å². The molecule has 0 fully saturated rings. The summed E-state index contributed by atoms with van der Waals surface area (Å²) in [4.78, 5) is 0. The molecule has 0 heterocycles. The molecule has 0 atom stereocenters. The van der Waals surface area contributed by atoms with Crippen LogP contribution in [0.2, 0.25) is 0 Å². The molecule has 0 rings (SSSR count). The van der Waals surface area contributed by atoms with Crippen LogP contribution in [-0.2, 0) is 0 Å². The highest BCUT2D eigenvalue weighted by atomic mass is 14.8. The Morgan fingerprint density at radius 3 is 2.57 bits per heavy atom. The van der Waals surface area contributed by atoms with E-state index in [1.54, 1.807) is 0 Å². The van der Waals surface area contributed by atoms with Gasteiger partial charge in [0, 0.05) is 6.54 Å². The number of unbranched alkanes of at least 4 members (excludes halogenated alkanes) is 1. The molecule has 7 heavy (non-hydrogen) atoms. The minimum atomic E-state index is 0.571. The molecule has 0 aliphatic carbocycles. The monoisotopic (exact) mass is 101 g/mol. The fourth-order valence-electron chi connectivity index (χ4n) is 0.427. The second-order valence-electron chi connectivity index (χ2n) is 1.56. The lowest BCUT2D eigenvalue weighted by Crippen LogP contribution is -2.07. The molecular weight excluding hydrogens is 88.1 g/mol. The molecular formula is C5H13N2. The van der Waals surface area contributed by atoms with Crippen molar-refractivity contribution in [2.75, 3.05) is 20.1 Å². The second-order valence-corrected chi connectivity index (χ2v) is 1.56. The third kappa shape index (κ3) is 5.92. The van der Waals surface area contributed by atoms with Crippen molar-refractivity contribution in [2.45, 2.75) is 12.8 Å². The van der Waals surface area contributed by atoms with Crippen LogP contribution in [0.5, 0.6) is 0 Å². The van der Waals surface area contributed by atoms with E-state index in [0.717, 1.165) is 19.4 Å². The van der Waals surface area contributed by atoms with E-state index in [1.165, 1.54) is 0 Å². The third-order valence-corrected chi connectivity index (χ3v) is 0.854. The van der Waals surface area contributed by atoms with Gasteiger partial charge in [-0.2, -0.15) is 0 Å². The molecule has 0 spiro atoms. The molecule has 0 saturated heterocycles. The molecule has 2 heteroatoms. The largest absolute Gasteiger partial charge is 0.320 e. The van der Waals surface area contributed by atoms with Gasteiger partial charge in [0.25, 0.3) is 0 Å². The summed E-state index contributed by atoms with van der Waals surface area (Å²) >= 11 is 0. The first-order valence-corrected chi connectivity index (χ1v) is 2.71. The molecule has 2 N–H and O–H groups in total. The summed E-state index contributed by atoms with van der Waals surface area (Å²) in [5.41, 5.74) is 6.75. The van der Waals surface area contributed by atoms with E-state index in [-0.39, 0.29) is 0 Å². The minimum absolute atomic E-state index is 0.571. The Bertz CT molecular complexity index is 25.3. The standard InChI is InChI=1S/C5H13N2/c1-7-5-3-2-4-6/h6-7H,2-5H2,1H3. The molecule has 0 saturated carbocycles. The predicted octanol–water partition coefficient (Wildman–Crippen LogP) is 0.269. The summed E-state index contributed by atoms with van der Waals surface area (Å²) in [5.74, 6) is 0. The van der Waals surface area contributed by atoms with Crippen molar-refractivity contribution in [1.29, 1.82) is 0 Å². The summed E-state index contributed by atoms with van der Waals surface area (Å²) in [7, 11) is 1.93. The maximum absolute atomic E-state index is 6.75. The SMILES string of the molecule is CNCCCC[NH]. The van der Waals surface area contributed by atoms with Crippen molar-refractivity contribution in [1.82, 2.24) is 11.1 Å². The van der Waals surface area contributed by atoms with Gasteiger partial charge in [-0.1, -0.05) is 0 Å². The molecule has 0 aliphatic heterocycles. The number of hydrogen-bond acceptors (Lipinski definition) is 1. The summed E-state index contributed by atoms with van der Waals surface area (Å²) in [6.07, 6.45) is 2.17. The molecule has 0 bridgehead atoms. The Morgan fingerprint density at radius 1 is 1.43 bits per heavy atom. The van der Waals surface area contributed by atoms with Crippen LogP contribution in [0.4, 0.5) is 0 Å². The Morgan fingerprint density at radius 2 is 2.14 bits per heavy atom. The van der Waals surface area contributed by atoms with Crippen molar-refractivity contribution in [3.8, 4) is 0 Å². The Labute approximate surface area is 45.1 Å². The Balaban J connectivity index is 2.45. The molecule has 0 aromatic carbocycles. The van der Waals surface area contributed by atoms with Crippen molar-refractivity contribution in [3.63, 3.8) is 0 Å². The first kappa shape index (κ1) is 6.92. The van der Waals surface area contributed by atoms with E-state index in [4.69, 9.17) is 5.73 Å². The zero-order chi connectivity index (χ0) is 5.54. The zero-order valence-corrected chi connectivity index (χ0v) is 4.83. The van der Waals surface area contributed by atoms with E-state index < -0.39 is 0 Å². The van der Waals surface area contributed by atoms with Gasteiger partial charge in [0.05, 0.1) is 0 Å². The zero-order valence-electron chi connectivity index (χ0n) is 4.83. The number of hydrogen-bond donors (Lipinski definition) is 1. The van der Waals surface area contributed by atoms with Crippen LogP contribution in [0.15, 0.2) is 0 Å². The first-order chi connectivity index (χ1) is 3.41.